The summed E-state index contributed by atoms with van der Waals surface area (Å²) in [6.45, 7) is 7.10. The van der Waals surface area contributed by atoms with Crippen LogP contribution in [0.1, 0.15) is 60.2 Å². The number of nitrogens with one attached hydrogen (secondary N) is 1. The Kier molecular flexibility index (Phi) is 7.52. The average molecular weight is 511 g/mol. The first-order valence-corrected chi connectivity index (χ1v) is 14.0. The summed E-state index contributed by atoms with van der Waals surface area (Å²) in [7, 11) is 0. The van der Waals surface area contributed by atoms with Crippen molar-refractivity contribution in [3.63, 3.8) is 0 Å². The van der Waals surface area contributed by atoms with Crippen LogP contribution in [-0.4, -0.2) is 17.9 Å². The van der Waals surface area contributed by atoms with Crippen LogP contribution < -0.4 is 10.2 Å². The van der Waals surface area contributed by atoms with Gasteiger partial charge in [-0.1, -0.05) is 92.5 Å². The standard InChI is InChI=1S/C32H34N2O2S/c1-21-11-13-25(14-12-21)20-34-28-9-4-5-10-29(28)37-30(32(34)36)19-24-15-17-26(18-16-24)31(35)33-27-8-6-7-22(2)23(27)3/h4-5,9-19,22-23,27H,6-8,20H2,1-3H3,(H,33,35)/b30-19+/t22-,23-,27+/m0/s1. The number of carbonyl (C=O) groups is 2. The fourth-order valence-corrected chi connectivity index (χ4v) is 6.27. The van der Waals surface area contributed by atoms with E-state index in [2.05, 4.69) is 56.4 Å². The van der Waals surface area contributed by atoms with Crippen molar-refractivity contribution in [3.05, 3.63) is 100.0 Å². The van der Waals surface area contributed by atoms with E-state index in [9.17, 15) is 9.59 Å². The molecule has 5 heteroatoms. The fraction of sp³-hybridized carbons (Fsp3) is 0.312. The molecule has 1 fully saturated rings. The number of carbonyl (C=O) groups excluding carboxylic acids is 2. The van der Waals surface area contributed by atoms with Crippen molar-refractivity contribution >= 4 is 35.3 Å². The molecule has 0 spiro atoms. The molecule has 1 N–H and O–H groups in total. The summed E-state index contributed by atoms with van der Waals surface area (Å²) < 4.78 is 0. The summed E-state index contributed by atoms with van der Waals surface area (Å²) in [6.07, 6.45) is 5.37. The topological polar surface area (TPSA) is 49.4 Å². The number of amides is 2. The van der Waals surface area contributed by atoms with Gasteiger partial charge in [0.15, 0.2) is 0 Å². The van der Waals surface area contributed by atoms with Crippen LogP contribution in [0, 0.1) is 18.8 Å². The van der Waals surface area contributed by atoms with Gasteiger partial charge in [0.1, 0.15) is 0 Å². The molecule has 2 aliphatic rings. The van der Waals surface area contributed by atoms with Crippen LogP contribution in [0.25, 0.3) is 6.08 Å². The second-order valence-electron chi connectivity index (χ2n) is 10.4. The lowest BCUT2D eigenvalue weighted by molar-refractivity contribution is -0.114. The Bertz CT molecular complexity index is 1310. The highest BCUT2D eigenvalue weighted by Gasteiger charge is 2.30. The molecule has 3 aromatic carbocycles. The third kappa shape index (κ3) is 5.67. The van der Waals surface area contributed by atoms with E-state index in [1.54, 1.807) is 0 Å². The maximum atomic E-state index is 13.6. The molecular weight excluding hydrogens is 476 g/mol. The van der Waals surface area contributed by atoms with Gasteiger partial charge in [-0.25, -0.2) is 0 Å². The number of hydrogen-bond donors (Lipinski definition) is 1. The highest BCUT2D eigenvalue weighted by Crippen LogP contribution is 2.42. The van der Waals surface area contributed by atoms with Crippen molar-refractivity contribution in [2.24, 2.45) is 11.8 Å². The molecule has 0 aromatic heterocycles. The lowest BCUT2D eigenvalue weighted by atomic mass is 9.78. The molecule has 37 heavy (non-hydrogen) atoms. The first kappa shape index (κ1) is 25.3. The molecule has 0 radical (unpaired) electrons. The Labute approximate surface area is 224 Å². The normalized spacial score (nSPS) is 22.6. The fourth-order valence-electron chi connectivity index (χ4n) is 5.21. The van der Waals surface area contributed by atoms with Gasteiger partial charge in [0.25, 0.3) is 11.8 Å². The summed E-state index contributed by atoms with van der Waals surface area (Å²) in [5.41, 5.74) is 4.79. The third-order valence-electron chi connectivity index (χ3n) is 7.79. The van der Waals surface area contributed by atoms with Gasteiger partial charge >= 0.3 is 0 Å². The minimum Gasteiger partial charge on any atom is -0.349 e. The Hall–Kier alpha value is -3.31. The van der Waals surface area contributed by atoms with Gasteiger partial charge in [0.05, 0.1) is 17.1 Å². The van der Waals surface area contributed by atoms with Crippen LogP contribution in [0.3, 0.4) is 0 Å². The Morgan fingerprint density at radius 2 is 1.73 bits per heavy atom. The Morgan fingerprint density at radius 1 is 1.00 bits per heavy atom. The van der Waals surface area contributed by atoms with Gasteiger partial charge in [-0.2, -0.15) is 0 Å². The minimum atomic E-state index is -0.0218. The molecule has 2 amide bonds. The van der Waals surface area contributed by atoms with Gasteiger partial charge in [-0.3, -0.25) is 9.59 Å². The van der Waals surface area contributed by atoms with E-state index in [1.807, 2.05) is 53.4 Å². The largest absolute Gasteiger partial charge is 0.349 e. The SMILES string of the molecule is Cc1ccc(CN2C(=O)/C(=C\c3ccc(C(=O)N[C@@H]4CCC[C@H](C)[C@@H]4C)cc3)Sc3ccccc32)cc1. The van der Waals surface area contributed by atoms with Gasteiger partial charge in [0, 0.05) is 16.5 Å². The van der Waals surface area contributed by atoms with Crippen LogP contribution in [0.2, 0.25) is 0 Å². The van der Waals surface area contributed by atoms with Crippen molar-refractivity contribution < 1.29 is 9.59 Å². The highest BCUT2D eigenvalue weighted by molar-refractivity contribution is 8.04. The zero-order chi connectivity index (χ0) is 25.9. The van der Waals surface area contributed by atoms with Crippen molar-refractivity contribution in [2.45, 2.75) is 57.5 Å². The smallest absolute Gasteiger partial charge is 0.265 e. The maximum Gasteiger partial charge on any atom is 0.265 e. The average Bonchev–Trinajstić information content (AvgIpc) is 2.90. The van der Waals surface area contributed by atoms with Gasteiger partial charge < -0.3 is 10.2 Å². The van der Waals surface area contributed by atoms with E-state index in [1.165, 1.54) is 30.2 Å². The molecule has 0 saturated heterocycles. The molecule has 0 unspecified atom stereocenters. The van der Waals surface area contributed by atoms with E-state index in [0.29, 0.717) is 28.8 Å². The van der Waals surface area contributed by atoms with E-state index < -0.39 is 0 Å². The molecule has 0 bridgehead atoms. The number of fused-ring (bicyclic) bond motifs is 1. The summed E-state index contributed by atoms with van der Waals surface area (Å²) in [4.78, 5) is 30.1. The second-order valence-corrected chi connectivity index (χ2v) is 11.5. The van der Waals surface area contributed by atoms with Gasteiger partial charge in [-0.15, -0.1) is 0 Å². The number of anilines is 1. The lowest BCUT2D eigenvalue weighted by Crippen LogP contribution is -2.43. The monoisotopic (exact) mass is 510 g/mol. The summed E-state index contributed by atoms with van der Waals surface area (Å²) in [5.74, 6) is 1.09. The second kappa shape index (κ2) is 11.0. The first-order chi connectivity index (χ1) is 17.9. The van der Waals surface area contributed by atoms with Crippen molar-refractivity contribution in [1.29, 1.82) is 0 Å². The Morgan fingerprint density at radius 3 is 2.49 bits per heavy atom. The molecule has 4 nitrogen and oxygen atoms in total. The number of benzene rings is 3. The third-order valence-corrected chi connectivity index (χ3v) is 8.86. The van der Waals surface area contributed by atoms with Crippen LogP contribution >= 0.6 is 11.8 Å². The predicted molar refractivity (Wildman–Crippen MR) is 153 cm³/mol. The molecule has 3 atom stereocenters. The number of nitrogens with zero attached hydrogens (tertiary/aromatic N) is 1. The quantitative estimate of drug-likeness (QED) is 0.368. The number of rotatable bonds is 5. The zero-order valence-electron chi connectivity index (χ0n) is 21.7. The van der Waals surface area contributed by atoms with Crippen molar-refractivity contribution in [2.75, 3.05) is 4.90 Å². The van der Waals surface area contributed by atoms with Crippen LogP contribution in [0.4, 0.5) is 5.69 Å². The van der Waals surface area contributed by atoms with Crippen LogP contribution in [-0.2, 0) is 11.3 Å². The van der Waals surface area contributed by atoms with Crippen LogP contribution in [0.15, 0.2) is 82.6 Å². The van der Waals surface area contributed by atoms with E-state index in [4.69, 9.17) is 0 Å². The molecule has 1 aliphatic heterocycles. The lowest BCUT2D eigenvalue weighted by Gasteiger charge is -2.34. The van der Waals surface area contributed by atoms with Gasteiger partial charge in [-0.05, 0) is 66.6 Å². The van der Waals surface area contributed by atoms with Gasteiger partial charge in [0.2, 0.25) is 0 Å². The van der Waals surface area contributed by atoms with Crippen molar-refractivity contribution in [1.82, 2.24) is 5.32 Å². The molecular formula is C32H34N2O2S. The van der Waals surface area contributed by atoms with Crippen LogP contribution in [0.5, 0.6) is 0 Å². The number of aryl methyl sites for hydroxylation is 1. The van der Waals surface area contributed by atoms with E-state index >= 15 is 0 Å². The number of para-hydroxylation sites is 1. The first-order valence-electron chi connectivity index (χ1n) is 13.2. The van der Waals surface area contributed by atoms with Crippen molar-refractivity contribution in [3.8, 4) is 0 Å². The molecule has 1 saturated carbocycles. The maximum absolute atomic E-state index is 13.6. The van der Waals surface area contributed by atoms with E-state index in [-0.39, 0.29) is 17.9 Å². The number of thioether (sulfide) groups is 1. The highest BCUT2D eigenvalue weighted by atomic mass is 32.2. The summed E-state index contributed by atoms with van der Waals surface area (Å²) >= 11 is 1.50. The molecule has 1 aliphatic carbocycles. The Balaban J connectivity index is 1.34. The molecule has 3 aromatic rings. The summed E-state index contributed by atoms with van der Waals surface area (Å²) in [6, 6.07) is 24.1. The summed E-state index contributed by atoms with van der Waals surface area (Å²) in [5, 5.41) is 3.25. The molecule has 190 valence electrons. The zero-order valence-corrected chi connectivity index (χ0v) is 22.6. The van der Waals surface area contributed by atoms with E-state index in [0.717, 1.165) is 28.1 Å². The molecule has 1 heterocycles. The predicted octanol–water partition coefficient (Wildman–Crippen LogP) is 7.23. The minimum absolute atomic E-state index is 0.00787. The molecule has 5 rings (SSSR count). The number of hydrogen-bond acceptors (Lipinski definition) is 3.